The van der Waals surface area contributed by atoms with Gasteiger partial charge in [-0.1, -0.05) is 35.9 Å². The fourth-order valence-electron chi connectivity index (χ4n) is 2.30. The highest BCUT2D eigenvalue weighted by molar-refractivity contribution is 5.47. The Morgan fingerprint density at radius 2 is 1.76 bits per heavy atom. The van der Waals surface area contributed by atoms with Crippen molar-refractivity contribution in [3.8, 4) is 5.75 Å². The third kappa shape index (κ3) is 4.23. The van der Waals surface area contributed by atoms with Gasteiger partial charge in [0.05, 0.1) is 6.54 Å². The average Bonchev–Trinajstić information content (AvgIpc) is 2.53. The summed E-state index contributed by atoms with van der Waals surface area (Å²) in [6.07, 6.45) is 0. The molecule has 3 nitrogen and oxygen atoms in total. The largest absolute Gasteiger partial charge is 0.491 e. The molecule has 0 amide bonds. The summed E-state index contributed by atoms with van der Waals surface area (Å²) in [5, 5.41) is 0. The molecule has 0 atom stereocenters. The van der Waals surface area contributed by atoms with Gasteiger partial charge >= 0.3 is 0 Å². The van der Waals surface area contributed by atoms with E-state index in [4.69, 9.17) is 10.5 Å². The molecule has 0 aliphatic carbocycles. The highest BCUT2D eigenvalue weighted by Crippen LogP contribution is 2.18. The van der Waals surface area contributed by atoms with E-state index in [1.54, 1.807) is 0 Å². The van der Waals surface area contributed by atoms with E-state index in [0.29, 0.717) is 13.2 Å². The summed E-state index contributed by atoms with van der Waals surface area (Å²) in [4.78, 5) is 2.31. The summed E-state index contributed by atoms with van der Waals surface area (Å²) in [6.45, 7) is 7.24. The molecule has 0 bridgehead atoms. The van der Waals surface area contributed by atoms with Gasteiger partial charge in [0.25, 0.3) is 0 Å². The highest BCUT2D eigenvalue weighted by Gasteiger charge is 2.05. The van der Waals surface area contributed by atoms with Crippen molar-refractivity contribution < 1.29 is 4.74 Å². The summed E-state index contributed by atoms with van der Waals surface area (Å²) in [5.41, 5.74) is 9.29. The molecule has 2 aromatic rings. The maximum atomic E-state index is 5.88. The van der Waals surface area contributed by atoms with Crippen LogP contribution in [0.4, 0.5) is 5.69 Å². The van der Waals surface area contributed by atoms with Crippen molar-refractivity contribution in [1.29, 1.82) is 0 Å². The summed E-state index contributed by atoms with van der Waals surface area (Å²) < 4.78 is 5.88. The van der Waals surface area contributed by atoms with Crippen LogP contribution in [-0.4, -0.2) is 19.7 Å². The van der Waals surface area contributed by atoms with Crippen LogP contribution in [0.5, 0.6) is 5.75 Å². The van der Waals surface area contributed by atoms with Crippen LogP contribution in [0.3, 0.4) is 0 Å². The molecule has 2 rings (SSSR count). The minimum absolute atomic E-state index is 0.506. The molecule has 2 N–H and O–H groups in total. The number of anilines is 1. The molecule has 2 aromatic carbocycles. The Labute approximate surface area is 127 Å². The van der Waals surface area contributed by atoms with Gasteiger partial charge in [-0.2, -0.15) is 0 Å². The SMILES string of the molecule is CCN(CCOc1ccccc1CN)c1ccc(C)cc1. The van der Waals surface area contributed by atoms with Gasteiger partial charge in [0.15, 0.2) is 0 Å². The second kappa shape index (κ2) is 7.70. The average molecular weight is 284 g/mol. The molecule has 3 heteroatoms. The summed E-state index contributed by atoms with van der Waals surface area (Å²) in [7, 11) is 0. The lowest BCUT2D eigenvalue weighted by Gasteiger charge is -2.23. The molecule has 0 aliphatic heterocycles. The van der Waals surface area contributed by atoms with E-state index in [0.717, 1.165) is 24.4 Å². The number of likely N-dealkylation sites (N-methyl/N-ethyl adjacent to an activating group) is 1. The van der Waals surface area contributed by atoms with E-state index in [1.165, 1.54) is 11.3 Å². The molecule has 0 aliphatic rings. The van der Waals surface area contributed by atoms with Gasteiger partial charge in [-0.3, -0.25) is 0 Å². The number of benzene rings is 2. The Hall–Kier alpha value is -2.00. The zero-order chi connectivity index (χ0) is 15.1. The first kappa shape index (κ1) is 15.4. The fourth-order valence-corrected chi connectivity index (χ4v) is 2.30. The lowest BCUT2D eigenvalue weighted by atomic mass is 10.2. The molecule has 0 spiro atoms. The molecule has 21 heavy (non-hydrogen) atoms. The Bertz CT molecular complexity index is 551. The number of rotatable bonds is 7. The Morgan fingerprint density at radius 1 is 1.05 bits per heavy atom. The van der Waals surface area contributed by atoms with Crippen molar-refractivity contribution in [2.75, 3.05) is 24.6 Å². The first-order chi connectivity index (χ1) is 10.2. The molecule has 0 saturated heterocycles. The van der Waals surface area contributed by atoms with Crippen molar-refractivity contribution in [3.05, 3.63) is 59.7 Å². The van der Waals surface area contributed by atoms with Crippen LogP contribution in [0.15, 0.2) is 48.5 Å². The molecular formula is C18H24N2O. The van der Waals surface area contributed by atoms with Crippen LogP contribution in [0, 0.1) is 6.92 Å². The van der Waals surface area contributed by atoms with Crippen LogP contribution in [-0.2, 0) is 6.54 Å². The number of hydrogen-bond donors (Lipinski definition) is 1. The van der Waals surface area contributed by atoms with Crippen LogP contribution in [0.2, 0.25) is 0 Å². The zero-order valence-corrected chi connectivity index (χ0v) is 12.9. The highest BCUT2D eigenvalue weighted by atomic mass is 16.5. The lowest BCUT2D eigenvalue weighted by Crippen LogP contribution is -2.28. The smallest absolute Gasteiger partial charge is 0.123 e. The Kier molecular flexibility index (Phi) is 5.64. The minimum atomic E-state index is 0.506. The monoisotopic (exact) mass is 284 g/mol. The van der Waals surface area contributed by atoms with Crippen molar-refractivity contribution in [2.24, 2.45) is 5.73 Å². The molecule has 0 unspecified atom stereocenters. The van der Waals surface area contributed by atoms with E-state index in [9.17, 15) is 0 Å². The van der Waals surface area contributed by atoms with Crippen LogP contribution in [0.25, 0.3) is 0 Å². The van der Waals surface area contributed by atoms with Crippen LogP contribution >= 0.6 is 0 Å². The number of ether oxygens (including phenoxy) is 1. The molecule has 0 aromatic heterocycles. The van der Waals surface area contributed by atoms with Gasteiger partial charge in [-0.25, -0.2) is 0 Å². The van der Waals surface area contributed by atoms with E-state index in [2.05, 4.69) is 43.0 Å². The Morgan fingerprint density at radius 3 is 2.43 bits per heavy atom. The van der Waals surface area contributed by atoms with Gasteiger partial charge in [0.2, 0.25) is 0 Å². The van der Waals surface area contributed by atoms with Gasteiger partial charge < -0.3 is 15.4 Å². The number of hydrogen-bond acceptors (Lipinski definition) is 3. The third-order valence-electron chi connectivity index (χ3n) is 3.59. The van der Waals surface area contributed by atoms with E-state index in [1.807, 2.05) is 24.3 Å². The maximum Gasteiger partial charge on any atom is 0.123 e. The topological polar surface area (TPSA) is 38.5 Å². The van der Waals surface area contributed by atoms with Gasteiger partial charge in [-0.15, -0.1) is 0 Å². The van der Waals surface area contributed by atoms with Crippen molar-refractivity contribution in [1.82, 2.24) is 0 Å². The molecule has 0 radical (unpaired) electrons. The summed E-state index contributed by atoms with van der Waals surface area (Å²) >= 11 is 0. The number of para-hydroxylation sites is 1. The summed E-state index contributed by atoms with van der Waals surface area (Å²) in [5.74, 6) is 0.889. The van der Waals surface area contributed by atoms with Crippen LogP contribution in [0.1, 0.15) is 18.1 Å². The van der Waals surface area contributed by atoms with Crippen LogP contribution < -0.4 is 15.4 Å². The predicted octanol–water partition coefficient (Wildman–Crippen LogP) is 3.36. The number of aryl methyl sites for hydroxylation is 1. The summed E-state index contributed by atoms with van der Waals surface area (Å²) in [6, 6.07) is 16.5. The van der Waals surface area contributed by atoms with Gasteiger partial charge in [-0.05, 0) is 32.0 Å². The normalized spacial score (nSPS) is 10.4. The first-order valence-corrected chi connectivity index (χ1v) is 7.47. The van der Waals surface area contributed by atoms with E-state index < -0.39 is 0 Å². The Balaban J connectivity index is 1.93. The number of nitrogens with two attached hydrogens (primary N) is 1. The zero-order valence-electron chi connectivity index (χ0n) is 12.9. The minimum Gasteiger partial charge on any atom is -0.491 e. The lowest BCUT2D eigenvalue weighted by molar-refractivity contribution is 0.321. The predicted molar refractivity (Wildman–Crippen MR) is 88.9 cm³/mol. The van der Waals surface area contributed by atoms with E-state index >= 15 is 0 Å². The van der Waals surface area contributed by atoms with Gasteiger partial charge in [0, 0.05) is 24.3 Å². The molecule has 0 saturated carbocycles. The maximum absolute atomic E-state index is 5.88. The quantitative estimate of drug-likeness (QED) is 0.847. The third-order valence-corrected chi connectivity index (χ3v) is 3.59. The molecule has 0 heterocycles. The first-order valence-electron chi connectivity index (χ1n) is 7.47. The second-order valence-corrected chi connectivity index (χ2v) is 5.08. The molecule has 0 fully saturated rings. The molecule has 112 valence electrons. The van der Waals surface area contributed by atoms with E-state index in [-0.39, 0.29) is 0 Å². The second-order valence-electron chi connectivity index (χ2n) is 5.08. The molecular weight excluding hydrogens is 260 g/mol. The van der Waals surface area contributed by atoms with Crippen molar-refractivity contribution in [3.63, 3.8) is 0 Å². The van der Waals surface area contributed by atoms with Crippen molar-refractivity contribution >= 4 is 5.69 Å². The van der Waals surface area contributed by atoms with Crippen molar-refractivity contribution in [2.45, 2.75) is 20.4 Å². The van der Waals surface area contributed by atoms with Gasteiger partial charge in [0.1, 0.15) is 12.4 Å². The standard InChI is InChI=1S/C18H24N2O/c1-3-20(17-10-8-15(2)9-11-17)12-13-21-18-7-5-4-6-16(18)14-19/h4-11H,3,12-14,19H2,1-2H3. The fraction of sp³-hybridized carbons (Fsp3) is 0.333. The number of nitrogens with zero attached hydrogens (tertiary/aromatic N) is 1.